The van der Waals surface area contributed by atoms with E-state index in [4.69, 9.17) is 0 Å². The maximum absolute atomic E-state index is 15.2. The van der Waals surface area contributed by atoms with Gasteiger partial charge < -0.3 is 9.67 Å². The third-order valence-corrected chi connectivity index (χ3v) is 7.37. The van der Waals surface area contributed by atoms with Crippen molar-refractivity contribution in [2.45, 2.75) is 45.7 Å². The maximum Gasteiger partial charge on any atom is 0.151 e. The van der Waals surface area contributed by atoms with Crippen LogP contribution in [0, 0.1) is 10.8 Å². The molecule has 2 fully saturated rings. The van der Waals surface area contributed by atoms with E-state index < -0.39 is 6.17 Å². The minimum Gasteiger partial charge on any atom is -0.507 e. The Morgan fingerprint density at radius 1 is 1.28 bits per heavy atom. The average molecular weight is 411 g/mol. The van der Waals surface area contributed by atoms with E-state index >= 15 is 4.39 Å². The molecular weight excluding hydrogens is 387 g/mol. The predicted molar refractivity (Wildman–Crippen MR) is 112 cm³/mol. The number of rotatable bonds is 3. The number of phenolic OH excluding ortho intramolecular Hbond substituents is 1. The predicted octanol–water partition coefficient (Wildman–Crippen LogP) is 5.42. The van der Waals surface area contributed by atoms with E-state index in [0.717, 1.165) is 36.9 Å². The number of nitrogens with zero attached hydrogens (tertiary/aromatic N) is 4. The molecule has 0 aliphatic heterocycles. The van der Waals surface area contributed by atoms with Crippen LogP contribution < -0.4 is 0 Å². The molecule has 29 heavy (non-hydrogen) atoms. The van der Waals surface area contributed by atoms with E-state index in [1.165, 1.54) is 11.3 Å². The van der Waals surface area contributed by atoms with E-state index in [1.807, 2.05) is 29.0 Å². The molecule has 0 saturated heterocycles. The highest BCUT2D eigenvalue weighted by Crippen LogP contribution is 2.60. The van der Waals surface area contributed by atoms with Crippen molar-refractivity contribution in [3.63, 3.8) is 0 Å². The second kappa shape index (κ2) is 6.49. The van der Waals surface area contributed by atoms with Crippen LogP contribution >= 0.6 is 11.3 Å². The molecule has 2 aromatic heterocycles. The number of alkyl halides is 1. The highest BCUT2D eigenvalue weighted by atomic mass is 32.1. The summed E-state index contributed by atoms with van der Waals surface area (Å²) >= 11 is 1.38. The van der Waals surface area contributed by atoms with Crippen LogP contribution in [0.25, 0.3) is 22.3 Å². The quantitative estimate of drug-likeness (QED) is 0.626. The summed E-state index contributed by atoms with van der Waals surface area (Å²) in [4.78, 5) is 4.02. The van der Waals surface area contributed by atoms with Gasteiger partial charge in [0.2, 0.25) is 0 Å². The molecule has 0 unspecified atom stereocenters. The molecule has 1 aromatic carbocycles. The second-order valence-electron chi connectivity index (χ2n) is 9.02. The molecule has 1 N–H and O–H groups in total. The van der Waals surface area contributed by atoms with Crippen molar-refractivity contribution in [2.24, 2.45) is 10.8 Å². The number of allylic oxidation sites excluding steroid dienone is 1. The van der Waals surface area contributed by atoms with Crippen LogP contribution in [0.2, 0.25) is 0 Å². The standard InChI is InChI=1S/C22H23FN4OS/c1-21-5-6-22(2,12-21)19(23)14(11-21)9-18-25-26-20(29-18)16-4-3-15(10-17(16)28)27-8-7-24-13-27/h3-4,7-10,13,19,28H,5-6,11-12H2,1-2H3/b14-9-/t19-,21-,22-/m0/s1. The number of aromatic hydroxyl groups is 1. The zero-order valence-corrected chi connectivity index (χ0v) is 17.3. The molecule has 5 rings (SSSR count). The molecule has 5 nitrogen and oxygen atoms in total. The zero-order valence-electron chi connectivity index (χ0n) is 16.5. The second-order valence-corrected chi connectivity index (χ2v) is 10.0. The van der Waals surface area contributed by atoms with Gasteiger partial charge in [-0.3, -0.25) is 0 Å². The number of benzene rings is 1. The Morgan fingerprint density at radius 3 is 2.90 bits per heavy atom. The fourth-order valence-electron chi connectivity index (χ4n) is 5.09. The van der Waals surface area contributed by atoms with Gasteiger partial charge in [0, 0.05) is 23.9 Å². The number of phenols is 1. The van der Waals surface area contributed by atoms with Gasteiger partial charge in [-0.25, -0.2) is 9.37 Å². The Labute approximate surface area is 173 Å². The molecule has 2 heterocycles. The van der Waals surface area contributed by atoms with Gasteiger partial charge in [0.25, 0.3) is 0 Å². The molecule has 7 heteroatoms. The Morgan fingerprint density at radius 2 is 2.14 bits per heavy atom. The lowest BCUT2D eigenvalue weighted by Crippen LogP contribution is -2.35. The first-order valence-corrected chi connectivity index (χ1v) is 10.7. The minimum absolute atomic E-state index is 0.130. The van der Waals surface area contributed by atoms with E-state index in [9.17, 15) is 5.11 Å². The number of hydrogen-bond acceptors (Lipinski definition) is 5. The van der Waals surface area contributed by atoms with Crippen molar-refractivity contribution >= 4 is 17.4 Å². The van der Waals surface area contributed by atoms with Crippen LogP contribution in [-0.4, -0.2) is 31.0 Å². The van der Waals surface area contributed by atoms with E-state index in [1.54, 1.807) is 18.6 Å². The van der Waals surface area contributed by atoms with Crippen LogP contribution in [0.4, 0.5) is 4.39 Å². The number of imidazole rings is 1. The van der Waals surface area contributed by atoms with Crippen molar-refractivity contribution in [1.82, 2.24) is 19.7 Å². The Hall–Kier alpha value is -2.54. The zero-order chi connectivity index (χ0) is 20.2. The minimum atomic E-state index is -0.923. The molecule has 3 atom stereocenters. The van der Waals surface area contributed by atoms with E-state index in [2.05, 4.69) is 29.0 Å². The van der Waals surface area contributed by atoms with Crippen molar-refractivity contribution < 1.29 is 9.50 Å². The van der Waals surface area contributed by atoms with E-state index in [0.29, 0.717) is 15.6 Å². The highest BCUT2D eigenvalue weighted by Gasteiger charge is 2.53. The highest BCUT2D eigenvalue weighted by molar-refractivity contribution is 7.15. The van der Waals surface area contributed by atoms with Crippen LogP contribution in [-0.2, 0) is 0 Å². The first-order valence-electron chi connectivity index (χ1n) is 9.85. The summed E-state index contributed by atoms with van der Waals surface area (Å²) in [7, 11) is 0. The van der Waals surface area contributed by atoms with Gasteiger partial charge in [-0.05, 0) is 54.9 Å². The lowest BCUT2D eigenvalue weighted by Gasteiger charge is -2.39. The van der Waals surface area contributed by atoms with Gasteiger partial charge in [-0.1, -0.05) is 25.2 Å². The molecule has 0 amide bonds. The summed E-state index contributed by atoms with van der Waals surface area (Å²) in [5.74, 6) is 0.130. The maximum atomic E-state index is 15.2. The van der Waals surface area contributed by atoms with Crippen molar-refractivity contribution in [1.29, 1.82) is 0 Å². The number of aromatic nitrogens is 4. The Bertz CT molecular complexity index is 1090. The Kier molecular flexibility index (Phi) is 4.13. The lowest BCUT2D eigenvalue weighted by atomic mass is 9.67. The third-order valence-electron chi connectivity index (χ3n) is 6.46. The van der Waals surface area contributed by atoms with Crippen LogP contribution in [0.15, 0.2) is 42.5 Å². The molecule has 2 aliphatic carbocycles. The first-order chi connectivity index (χ1) is 13.9. The molecular formula is C22H23FN4OS. The smallest absolute Gasteiger partial charge is 0.151 e. The Balaban J connectivity index is 1.44. The fraction of sp³-hybridized carbons (Fsp3) is 0.409. The molecule has 2 aliphatic rings. The van der Waals surface area contributed by atoms with Crippen molar-refractivity contribution in [2.75, 3.05) is 0 Å². The summed E-state index contributed by atoms with van der Waals surface area (Å²) < 4.78 is 17.0. The van der Waals surface area contributed by atoms with Crippen molar-refractivity contribution in [3.8, 4) is 22.0 Å². The van der Waals surface area contributed by atoms with Gasteiger partial charge in [0.05, 0.1) is 17.6 Å². The van der Waals surface area contributed by atoms with Crippen LogP contribution in [0.1, 0.15) is 44.5 Å². The van der Waals surface area contributed by atoms with E-state index in [-0.39, 0.29) is 16.6 Å². The van der Waals surface area contributed by atoms with Gasteiger partial charge in [-0.2, -0.15) is 0 Å². The summed E-state index contributed by atoms with van der Waals surface area (Å²) in [5, 5.41) is 20.3. The number of halogens is 1. The summed E-state index contributed by atoms with van der Waals surface area (Å²) in [6.07, 6.45) is 9.90. The van der Waals surface area contributed by atoms with Gasteiger partial charge in [0.1, 0.15) is 16.9 Å². The monoisotopic (exact) mass is 410 g/mol. The first kappa shape index (κ1) is 18.5. The third kappa shape index (κ3) is 3.17. The summed E-state index contributed by atoms with van der Waals surface area (Å²) in [5.41, 5.74) is 2.21. The lowest BCUT2D eigenvalue weighted by molar-refractivity contribution is 0.106. The van der Waals surface area contributed by atoms with Gasteiger partial charge in [-0.15, -0.1) is 10.2 Å². The molecule has 2 saturated carbocycles. The number of fused-ring (bicyclic) bond motifs is 2. The SMILES string of the molecule is C[C@@]12CC[C@@](C)(C1)[C@@H](F)/C(=C\c1nnc(-c3ccc(-n4ccnc4)cc3O)s1)C2. The van der Waals surface area contributed by atoms with Gasteiger partial charge in [0.15, 0.2) is 5.01 Å². The van der Waals surface area contributed by atoms with Crippen LogP contribution in [0.3, 0.4) is 0 Å². The largest absolute Gasteiger partial charge is 0.507 e. The molecule has 150 valence electrons. The molecule has 3 aromatic rings. The van der Waals surface area contributed by atoms with Crippen molar-refractivity contribution in [3.05, 3.63) is 47.5 Å². The van der Waals surface area contributed by atoms with Gasteiger partial charge >= 0.3 is 0 Å². The average Bonchev–Trinajstić information content (AvgIpc) is 3.41. The summed E-state index contributed by atoms with van der Waals surface area (Å²) in [6.45, 7) is 4.34. The molecule has 2 bridgehead atoms. The molecule has 0 radical (unpaired) electrons. The molecule has 0 spiro atoms. The topological polar surface area (TPSA) is 63.8 Å². The van der Waals surface area contributed by atoms with Crippen LogP contribution in [0.5, 0.6) is 5.75 Å². The summed E-state index contributed by atoms with van der Waals surface area (Å²) in [6, 6.07) is 5.39. The fourth-order valence-corrected chi connectivity index (χ4v) is 5.95. The number of hydrogen-bond donors (Lipinski definition) is 1. The normalized spacial score (nSPS) is 30.2.